The van der Waals surface area contributed by atoms with Crippen molar-refractivity contribution in [2.75, 3.05) is 6.61 Å². The van der Waals surface area contributed by atoms with Gasteiger partial charge in [0.1, 0.15) is 5.75 Å². The number of aromatic nitrogens is 1. The molecular formula is C14H16N2O4S. The van der Waals surface area contributed by atoms with Gasteiger partial charge >= 0.3 is 0 Å². The Balaban J connectivity index is 2.38. The third-order valence-electron chi connectivity index (χ3n) is 2.79. The van der Waals surface area contributed by atoms with Gasteiger partial charge in [-0.25, -0.2) is 0 Å². The molecule has 0 aliphatic carbocycles. The maximum absolute atomic E-state index is 12.0. The van der Waals surface area contributed by atoms with E-state index in [1.807, 2.05) is 32.0 Å². The highest BCUT2D eigenvalue weighted by Crippen LogP contribution is 2.22. The van der Waals surface area contributed by atoms with Gasteiger partial charge in [-0.1, -0.05) is 0 Å². The Kier molecular flexibility index (Phi) is 5.40. The van der Waals surface area contributed by atoms with Crippen LogP contribution in [0.25, 0.3) is 5.69 Å². The van der Waals surface area contributed by atoms with Crippen LogP contribution in [0.1, 0.15) is 12.5 Å². The second kappa shape index (κ2) is 7.28. The van der Waals surface area contributed by atoms with Crippen molar-refractivity contribution >= 4 is 12.0 Å². The summed E-state index contributed by atoms with van der Waals surface area (Å²) in [7, 11) is 0. The molecule has 7 heteroatoms. The minimum absolute atomic E-state index is 0.139. The van der Waals surface area contributed by atoms with Gasteiger partial charge in [-0.15, -0.1) is 9.32 Å². The van der Waals surface area contributed by atoms with Crippen LogP contribution in [-0.2, 0) is 9.32 Å². The van der Waals surface area contributed by atoms with E-state index in [2.05, 4.69) is 9.32 Å². The molecule has 2 rings (SSSR count). The Morgan fingerprint density at radius 1 is 1.29 bits per heavy atom. The van der Waals surface area contributed by atoms with Gasteiger partial charge in [0.05, 0.1) is 29.2 Å². The Hall–Kier alpha value is -1.80. The smallest absolute Gasteiger partial charge is 0.255 e. The van der Waals surface area contributed by atoms with Crippen LogP contribution in [-0.4, -0.2) is 11.2 Å². The lowest BCUT2D eigenvalue weighted by Crippen LogP contribution is -2.17. The van der Waals surface area contributed by atoms with Gasteiger partial charge in [-0.3, -0.25) is 9.36 Å². The highest BCUT2D eigenvalue weighted by atomic mass is 32.2. The second-order valence-electron chi connectivity index (χ2n) is 4.20. The van der Waals surface area contributed by atoms with E-state index in [0.29, 0.717) is 11.5 Å². The number of nitrogens with two attached hydrogens (primary N) is 1. The number of rotatable bonds is 6. The second-order valence-corrected chi connectivity index (χ2v) is 4.98. The fourth-order valence-electron chi connectivity index (χ4n) is 1.92. The molecule has 0 spiro atoms. The molecule has 1 heterocycles. The lowest BCUT2D eigenvalue weighted by molar-refractivity contribution is -0.195. The van der Waals surface area contributed by atoms with Crippen LogP contribution in [0, 0.1) is 6.92 Å². The van der Waals surface area contributed by atoms with Crippen LogP contribution in [0.4, 0.5) is 0 Å². The largest absolute Gasteiger partial charge is 0.494 e. The maximum Gasteiger partial charge on any atom is 0.255 e. The zero-order valence-electron chi connectivity index (χ0n) is 11.7. The van der Waals surface area contributed by atoms with Gasteiger partial charge < -0.3 is 4.74 Å². The summed E-state index contributed by atoms with van der Waals surface area (Å²) in [6.45, 7) is 4.44. The van der Waals surface area contributed by atoms with Gasteiger partial charge in [0.25, 0.3) is 5.56 Å². The molecule has 0 bridgehead atoms. The van der Waals surface area contributed by atoms with Crippen LogP contribution in [0.15, 0.2) is 46.2 Å². The molecule has 0 radical (unpaired) electrons. The normalized spacial score (nSPS) is 10.6. The molecule has 0 unspecified atom stereocenters. The van der Waals surface area contributed by atoms with Crippen LogP contribution < -0.4 is 16.2 Å². The van der Waals surface area contributed by atoms with E-state index in [1.165, 1.54) is 10.6 Å². The highest BCUT2D eigenvalue weighted by molar-refractivity contribution is 7.94. The van der Waals surface area contributed by atoms with Crippen molar-refractivity contribution in [2.24, 2.45) is 5.90 Å². The molecule has 0 amide bonds. The average molecular weight is 308 g/mol. The van der Waals surface area contributed by atoms with Crippen LogP contribution in [0.2, 0.25) is 0 Å². The standard InChI is InChI=1S/C14H16N2O4S/c1-3-18-11-4-6-13(10(2)8-11)16-9-12(21-20-19-15)5-7-14(16)17/h4-9H,3,15H2,1-2H3. The van der Waals surface area contributed by atoms with Gasteiger partial charge in [0.15, 0.2) is 0 Å². The molecule has 2 N–H and O–H groups in total. The Morgan fingerprint density at radius 3 is 2.76 bits per heavy atom. The molecule has 6 nitrogen and oxygen atoms in total. The number of aryl methyl sites for hydroxylation is 1. The van der Waals surface area contributed by atoms with Gasteiger partial charge in [-0.2, -0.15) is 5.90 Å². The van der Waals surface area contributed by atoms with E-state index >= 15 is 0 Å². The van der Waals surface area contributed by atoms with Crippen molar-refractivity contribution in [3.8, 4) is 11.4 Å². The number of benzene rings is 1. The fourth-order valence-corrected chi connectivity index (χ4v) is 2.31. The molecule has 21 heavy (non-hydrogen) atoms. The van der Waals surface area contributed by atoms with Crippen molar-refractivity contribution in [3.63, 3.8) is 0 Å². The predicted octanol–water partition coefficient (Wildman–Crippen LogP) is 2.37. The third-order valence-corrected chi connectivity index (χ3v) is 3.37. The van der Waals surface area contributed by atoms with E-state index in [9.17, 15) is 4.79 Å². The zero-order chi connectivity index (χ0) is 15.2. The third kappa shape index (κ3) is 3.85. The Bertz CT molecular complexity index is 672. The number of ether oxygens (including phenoxy) is 1. The SMILES string of the molecule is CCOc1ccc(-n2cc(SOON)ccc2=O)c(C)c1. The molecular weight excluding hydrogens is 292 g/mol. The number of nitrogens with zero attached hydrogens (tertiary/aromatic N) is 1. The minimum Gasteiger partial charge on any atom is -0.494 e. The van der Waals surface area contributed by atoms with Crippen molar-refractivity contribution in [1.29, 1.82) is 0 Å². The molecule has 0 saturated carbocycles. The van der Waals surface area contributed by atoms with Crippen molar-refractivity contribution in [2.45, 2.75) is 18.7 Å². The van der Waals surface area contributed by atoms with Crippen molar-refractivity contribution in [1.82, 2.24) is 4.57 Å². The summed E-state index contributed by atoms with van der Waals surface area (Å²) in [5.74, 6) is 5.57. The molecule has 1 aromatic heterocycles. The highest BCUT2D eigenvalue weighted by Gasteiger charge is 2.07. The summed E-state index contributed by atoms with van der Waals surface area (Å²) in [5, 5.41) is 0. The topological polar surface area (TPSA) is 75.7 Å². The van der Waals surface area contributed by atoms with Crippen LogP contribution in [0.3, 0.4) is 0 Å². The molecule has 2 aromatic rings. The van der Waals surface area contributed by atoms with E-state index < -0.39 is 0 Å². The molecule has 112 valence electrons. The van der Waals surface area contributed by atoms with E-state index in [-0.39, 0.29) is 5.56 Å². The summed E-state index contributed by atoms with van der Waals surface area (Å²) in [6.07, 6.45) is 1.66. The number of hydrogen-bond donors (Lipinski definition) is 1. The van der Waals surface area contributed by atoms with Crippen molar-refractivity contribution in [3.05, 3.63) is 52.4 Å². The van der Waals surface area contributed by atoms with Crippen LogP contribution >= 0.6 is 12.0 Å². The van der Waals surface area contributed by atoms with Gasteiger partial charge in [0.2, 0.25) is 0 Å². The number of pyridine rings is 1. The Labute approximate surface area is 126 Å². The minimum atomic E-state index is -0.139. The first-order valence-corrected chi connectivity index (χ1v) is 7.06. The molecule has 0 aliphatic heterocycles. The summed E-state index contributed by atoms with van der Waals surface area (Å²) in [6, 6.07) is 8.66. The van der Waals surface area contributed by atoms with Crippen LogP contribution in [0.5, 0.6) is 5.75 Å². The monoisotopic (exact) mass is 308 g/mol. The summed E-state index contributed by atoms with van der Waals surface area (Å²) < 4.78 is 11.6. The van der Waals surface area contributed by atoms with Gasteiger partial charge in [0, 0.05) is 12.3 Å². The Morgan fingerprint density at radius 2 is 2.10 bits per heavy atom. The molecule has 0 fully saturated rings. The number of hydrogen-bond acceptors (Lipinski definition) is 6. The molecule has 0 aliphatic rings. The predicted molar refractivity (Wildman–Crippen MR) is 80.2 cm³/mol. The first-order chi connectivity index (χ1) is 10.2. The molecule has 1 aromatic carbocycles. The fraction of sp³-hybridized carbons (Fsp3) is 0.214. The first-order valence-electron chi connectivity index (χ1n) is 6.32. The lowest BCUT2D eigenvalue weighted by Gasteiger charge is -2.12. The van der Waals surface area contributed by atoms with E-state index in [1.54, 1.807) is 12.3 Å². The molecule has 0 atom stereocenters. The summed E-state index contributed by atoms with van der Waals surface area (Å²) >= 11 is 0.923. The van der Waals surface area contributed by atoms with Gasteiger partial charge in [-0.05, 0) is 43.7 Å². The van der Waals surface area contributed by atoms with E-state index in [4.69, 9.17) is 10.6 Å². The summed E-state index contributed by atoms with van der Waals surface area (Å²) in [5.41, 5.74) is 1.57. The summed E-state index contributed by atoms with van der Waals surface area (Å²) in [4.78, 5) is 16.8. The first kappa shape index (κ1) is 15.6. The zero-order valence-corrected chi connectivity index (χ0v) is 12.6. The quantitative estimate of drug-likeness (QED) is 0.501. The molecule has 0 saturated heterocycles. The van der Waals surface area contributed by atoms with Crippen molar-refractivity contribution < 1.29 is 14.1 Å². The lowest BCUT2D eigenvalue weighted by atomic mass is 10.2. The average Bonchev–Trinajstić information content (AvgIpc) is 2.47. The van der Waals surface area contributed by atoms with E-state index in [0.717, 1.165) is 29.0 Å². The maximum atomic E-state index is 12.0.